The first-order valence-electron chi connectivity index (χ1n) is 16.1. The van der Waals surface area contributed by atoms with E-state index in [4.69, 9.17) is 0 Å². The van der Waals surface area contributed by atoms with Crippen molar-refractivity contribution in [3.8, 4) is 0 Å². The van der Waals surface area contributed by atoms with Crippen molar-refractivity contribution in [2.24, 2.45) is 22.9 Å². The molecule has 218 valence electrons. The van der Waals surface area contributed by atoms with Crippen LogP contribution in [0.1, 0.15) is 150 Å². The Kier molecular flexibility index (Phi) is 20.1. The van der Waals surface area contributed by atoms with Crippen LogP contribution < -0.4 is 0 Å². The summed E-state index contributed by atoms with van der Waals surface area (Å²) in [5.41, 5.74) is 1.27. The van der Waals surface area contributed by atoms with Crippen LogP contribution in [0.5, 0.6) is 0 Å². The smallest absolute Gasteiger partial charge is 0.243 e. The van der Waals surface area contributed by atoms with E-state index < -0.39 is 0 Å². The topological polar surface area (TPSA) is 32.7 Å². The molecule has 0 bridgehead atoms. The molecule has 0 spiro atoms. The molecule has 38 heavy (non-hydrogen) atoms. The number of amides is 1. The highest BCUT2D eigenvalue weighted by atomic mass is 16.2. The highest BCUT2D eigenvalue weighted by Crippen LogP contribution is 2.38. The third-order valence-electron chi connectivity index (χ3n) is 8.49. The predicted molar refractivity (Wildman–Crippen MR) is 168 cm³/mol. The van der Waals surface area contributed by atoms with Crippen molar-refractivity contribution in [1.82, 2.24) is 5.01 Å². The lowest BCUT2D eigenvalue weighted by atomic mass is 9.73. The molecule has 1 aromatic carbocycles. The maximum atomic E-state index is 11.6. The summed E-state index contributed by atoms with van der Waals surface area (Å²) >= 11 is 0. The van der Waals surface area contributed by atoms with Gasteiger partial charge in [0.15, 0.2) is 0 Å². The molecule has 0 radical (unpaired) electrons. The molecule has 5 rings (SSSR count). The molecule has 3 nitrogen and oxygen atoms in total. The molecular weight excluding hydrogens is 464 g/mol. The minimum atomic E-state index is 0. The average Bonchev–Trinajstić information content (AvgIpc) is 2.99. The first-order valence-corrected chi connectivity index (χ1v) is 16.1. The molecule has 1 amide bonds. The highest BCUT2D eigenvalue weighted by molar-refractivity contribution is 5.92. The molecule has 1 aliphatic heterocycles. The minimum absolute atomic E-state index is 0. The first kappa shape index (κ1) is 34.4. The van der Waals surface area contributed by atoms with Crippen LogP contribution in [-0.4, -0.2) is 23.2 Å². The molecule has 3 heteroatoms. The second kappa shape index (κ2) is 22.2. The molecule has 1 heterocycles. The van der Waals surface area contributed by atoms with Crippen molar-refractivity contribution in [2.45, 2.75) is 150 Å². The van der Waals surface area contributed by atoms with Gasteiger partial charge in [-0.1, -0.05) is 161 Å². The SMILES string of the molecule is C.C1CCC(C2CCCCC2)CC1.CC.CCCN1N=C(CC2CCCCC2)CCC1=O.c1ccccc1. The van der Waals surface area contributed by atoms with Crippen molar-refractivity contribution in [2.75, 3.05) is 6.54 Å². The second-order valence-electron chi connectivity index (χ2n) is 11.3. The van der Waals surface area contributed by atoms with Gasteiger partial charge in [-0.3, -0.25) is 4.79 Å². The van der Waals surface area contributed by atoms with Gasteiger partial charge in [-0.15, -0.1) is 0 Å². The van der Waals surface area contributed by atoms with Gasteiger partial charge in [0.2, 0.25) is 5.91 Å². The molecular formula is C35H62N2O. The van der Waals surface area contributed by atoms with Gasteiger partial charge in [0.1, 0.15) is 0 Å². The maximum absolute atomic E-state index is 11.6. The van der Waals surface area contributed by atoms with Crippen LogP contribution in [0, 0.1) is 17.8 Å². The molecule has 1 aromatic rings. The number of hydrazone groups is 1. The first-order chi connectivity index (χ1) is 18.3. The quantitative estimate of drug-likeness (QED) is 0.375. The van der Waals surface area contributed by atoms with E-state index in [0.29, 0.717) is 6.42 Å². The van der Waals surface area contributed by atoms with E-state index in [1.165, 1.54) is 76.3 Å². The summed E-state index contributed by atoms with van der Waals surface area (Å²) in [4.78, 5) is 11.6. The van der Waals surface area contributed by atoms with Crippen molar-refractivity contribution < 1.29 is 4.79 Å². The fraction of sp³-hybridized carbons (Fsp3) is 0.771. The van der Waals surface area contributed by atoms with E-state index in [-0.39, 0.29) is 13.3 Å². The fourth-order valence-electron chi connectivity index (χ4n) is 6.51. The van der Waals surface area contributed by atoms with Crippen LogP contribution in [0.15, 0.2) is 41.5 Å². The highest BCUT2D eigenvalue weighted by Gasteiger charge is 2.25. The van der Waals surface area contributed by atoms with E-state index in [1.54, 1.807) is 30.7 Å². The van der Waals surface area contributed by atoms with Crippen molar-refractivity contribution >= 4 is 11.6 Å². The van der Waals surface area contributed by atoms with Crippen LogP contribution >= 0.6 is 0 Å². The molecule has 0 saturated heterocycles. The molecule has 4 aliphatic rings. The molecule has 3 fully saturated rings. The van der Waals surface area contributed by atoms with Gasteiger partial charge in [-0.2, -0.15) is 5.10 Å². The molecule has 3 saturated carbocycles. The number of rotatable bonds is 5. The number of benzene rings is 1. The normalized spacial score (nSPS) is 20.8. The average molecular weight is 527 g/mol. The van der Waals surface area contributed by atoms with E-state index >= 15 is 0 Å². The predicted octanol–water partition coefficient (Wildman–Crippen LogP) is 10.8. The van der Waals surface area contributed by atoms with Crippen LogP contribution in [0.4, 0.5) is 0 Å². The summed E-state index contributed by atoms with van der Waals surface area (Å²) in [6, 6.07) is 12.0. The van der Waals surface area contributed by atoms with Crippen molar-refractivity contribution in [3.63, 3.8) is 0 Å². The van der Waals surface area contributed by atoms with E-state index in [2.05, 4.69) is 12.0 Å². The summed E-state index contributed by atoms with van der Waals surface area (Å²) in [5, 5.41) is 6.24. The van der Waals surface area contributed by atoms with Crippen LogP contribution in [0.2, 0.25) is 0 Å². The number of carbonyl (C=O) groups excluding carboxylic acids is 1. The lowest BCUT2D eigenvalue weighted by molar-refractivity contribution is -0.131. The van der Waals surface area contributed by atoms with Crippen LogP contribution in [0.3, 0.4) is 0 Å². The van der Waals surface area contributed by atoms with Gasteiger partial charge in [0, 0.05) is 18.7 Å². The standard InChI is InChI=1S/C14H24N2O.C12H22.C6H6.C2H6.CH4/c1-2-10-16-14(17)9-8-13(15-16)11-12-6-4-3-5-7-12;1-3-7-11(8-4-1)12-9-5-2-6-10-12;1-2-4-6-5-3-1;1-2;/h12H,2-11H2,1H3;11-12H,1-10H2;1-6H;1-2H3;1H4. The van der Waals surface area contributed by atoms with Gasteiger partial charge in [0.25, 0.3) is 0 Å². The summed E-state index contributed by atoms with van der Waals surface area (Å²) in [6.45, 7) is 6.88. The fourth-order valence-corrected chi connectivity index (χ4v) is 6.51. The van der Waals surface area contributed by atoms with Gasteiger partial charge < -0.3 is 0 Å². The third-order valence-corrected chi connectivity index (χ3v) is 8.49. The third kappa shape index (κ3) is 13.9. The molecule has 0 atom stereocenters. The number of hydrogen-bond acceptors (Lipinski definition) is 2. The van der Waals surface area contributed by atoms with Gasteiger partial charge in [-0.05, 0) is 37.0 Å². The summed E-state index contributed by atoms with van der Waals surface area (Å²) in [6.07, 6.45) is 26.0. The Morgan fingerprint density at radius 3 is 1.53 bits per heavy atom. The van der Waals surface area contributed by atoms with Gasteiger partial charge in [0.05, 0.1) is 0 Å². The number of carbonyl (C=O) groups is 1. The number of hydrogen-bond donors (Lipinski definition) is 0. The Morgan fingerprint density at radius 2 is 1.11 bits per heavy atom. The minimum Gasteiger partial charge on any atom is -0.273 e. The molecule has 0 aromatic heterocycles. The number of nitrogens with zero attached hydrogens (tertiary/aromatic N) is 2. The summed E-state index contributed by atoms with van der Waals surface area (Å²) in [7, 11) is 0. The van der Waals surface area contributed by atoms with E-state index in [1.807, 2.05) is 50.2 Å². The molecule has 0 N–H and O–H groups in total. The Hall–Kier alpha value is -1.64. The lowest BCUT2D eigenvalue weighted by Gasteiger charge is -2.32. The second-order valence-corrected chi connectivity index (χ2v) is 11.3. The van der Waals surface area contributed by atoms with Crippen molar-refractivity contribution in [3.05, 3.63) is 36.4 Å². The van der Waals surface area contributed by atoms with Crippen molar-refractivity contribution in [1.29, 1.82) is 0 Å². The summed E-state index contributed by atoms with van der Waals surface area (Å²) in [5.74, 6) is 3.32. The Morgan fingerprint density at radius 1 is 0.684 bits per heavy atom. The van der Waals surface area contributed by atoms with Gasteiger partial charge in [-0.25, -0.2) is 5.01 Å². The van der Waals surface area contributed by atoms with Crippen LogP contribution in [-0.2, 0) is 4.79 Å². The van der Waals surface area contributed by atoms with Gasteiger partial charge >= 0.3 is 0 Å². The Balaban J connectivity index is 0.000000299. The zero-order chi connectivity index (χ0) is 26.6. The van der Waals surface area contributed by atoms with E-state index in [9.17, 15) is 4.79 Å². The lowest BCUT2D eigenvalue weighted by Crippen LogP contribution is -2.32. The maximum Gasteiger partial charge on any atom is 0.243 e. The molecule has 3 aliphatic carbocycles. The van der Waals surface area contributed by atoms with E-state index in [0.717, 1.165) is 43.6 Å². The summed E-state index contributed by atoms with van der Waals surface area (Å²) < 4.78 is 0. The molecule has 0 unspecified atom stereocenters. The Labute approximate surface area is 237 Å². The largest absolute Gasteiger partial charge is 0.273 e. The monoisotopic (exact) mass is 526 g/mol. The Bertz CT molecular complexity index is 655. The zero-order valence-corrected chi connectivity index (χ0v) is 24.6. The van der Waals surface area contributed by atoms with Crippen LogP contribution in [0.25, 0.3) is 0 Å². The zero-order valence-electron chi connectivity index (χ0n) is 24.6.